The predicted molar refractivity (Wildman–Crippen MR) is 269 cm³/mol. The zero-order valence-corrected chi connectivity index (χ0v) is 40.3. The smallest absolute Gasteiger partial charge is 0.306 e. The van der Waals surface area contributed by atoms with E-state index in [1.54, 1.807) is 0 Å². The Bertz CT molecular complexity index is 1370. The Hall–Kier alpha value is -4.19. The van der Waals surface area contributed by atoms with E-state index in [-0.39, 0.29) is 37.5 Å². The second-order valence-electron chi connectivity index (χ2n) is 16.2. The highest BCUT2D eigenvalue weighted by Crippen LogP contribution is 2.14. The summed E-state index contributed by atoms with van der Waals surface area (Å²) < 4.78 is 16.7. The normalized spacial score (nSPS) is 13.1. The topological polar surface area (TPSA) is 78.9 Å². The van der Waals surface area contributed by atoms with Crippen molar-refractivity contribution in [1.29, 1.82) is 0 Å². The molecule has 0 heterocycles. The SMILES string of the molecule is CC\C=C/C=C\C=C/C=C\C=C\C=C/CCCCCC(=O)OCC(COC(=O)CCCCCCCCCCCCCCC)OC(=O)CCCCCCC\C=C/C=C\C=C/C=C\CC. The molecule has 6 heteroatoms. The molecule has 354 valence electrons. The number of ether oxygens (including phenoxy) is 3. The van der Waals surface area contributed by atoms with E-state index in [9.17, 15) is 14.4 Å². The maximum absolute atomic E-state index is 12.8. The first-order valence-electron chi connectivity index (χ1n) is 25.2. The van der Waals surface area contributed by atoms with Crippen LogP contribution in [0.4, 0.5) is 0 Å². The molecular formula is C57H90O6. The monoisotopic (exact) mass is 871 g/mol. The highest BCUT2D eigenvalue weighted by atomic mass is 16.6. The molecule has 0 aliphatic heterocycles. The van der Waals surface area contributed by atoms with E-state index in [0.29, 0.717) is 12.8 Å². The van der Waals surface area contributed by atoms with Gasteiger partial charge in [-0.25, -0.2) is 0 Å². The summed E-state index contributed by atoms with van der Waals surface area (Å²) in [5.74, 6) is -0.980. The number of esters is 3. The first-order valence-corrected chi connectivity index (χ1v) is 25.2. The number of allylic oxidation sites excluding steroid dienone is 20. The molecule has 0 aliphatic rings. The van der Waals surface area contributed by atoms with Crippen LogP contribution in [0.25, 0.3) is 0 Å². The van der Waals surface area contributed by atoms with E-state index >= 15 is 0 Å². The summed E-state index contributed by atoms with van der Waals surface area (Å²) in [6.07, 6.45) is 68.8. The van der Waals surface area contributed by atoms with E-state index in [0.717, 1.165) is 96.3 Å². The van der Waals surface area contributed by atoms with Crippen LogP contribution in [0.2, 0.25) is 0 Å². The third kappa shape index (κ3) is 48.7. The standard InChI is InChI=1S/C57H90O6/c1-4-7-10-13-16-19-22-25-27-28-30-32-35-38-41-44-47-50-56(59)62-53-54(52-61-55(58)49-46-43-40-37-34-31-24-21-18-15-12-9-6-3)63-57(60)51-48-45-42-39-36-33-29-26-23-20-17-14-11-8-5-2/h7-8,10-11,13-14,16-17,19-20,22-23,25-30,32,35,54H,4-6,9,12,15,18,21,24,31,33-34,36-53H2,1-3H3/b10-7-,11-8-,16-13-,17-14-,22-19-,23-20-,27-25-,29-26-,30-28+,35-32-. The molecule has 0 N–H and O–H groups in total. The highest BCUT2D eigenvalue weighted by molar-refractivity contribution is 5.71. The van der Waals surface area contributed by atoms with Gasteiger partial charge >= 0.3 is 17.9 Å². The summed E-state index contributed by atoms with van der Waals surface area (Å²) in [6, 6.07) is 0. The number of carbonyl (C=O) groups excluding carboxylic acids is 3. The van der Waals surface area contributed by atoms with Gasteiger partial charge in [-0.3, -0.25) is 14.4 Å². The Morgan fingerprint density at radius 2 is 0.619 bits per heavy atom. The molecule has 0 amide bonds. The lowest BCUT2D eigenvalue weighted by molar-refractivity contribution is -0.167. The van der Waals surface area contributed by atoms with Gasteiger partial charge in [0.15, 0.2) is 6.10 Å². The average Bonchev–Trinajstić information content (AvgIpc) is 3.28. The van der Waals surface area contributed by atoms with Crippen LogP contribution in [-0.2, 0) is 28.6 Å². The Morgan fingerprint density at radius 1 is 0.333 bits per heavy atom. The molecule has 0 saturated heterocycles. The van der Waals surface area contributed by atoms with Crippen molar-refractivity contribution in [2.24, 2.45) is 0 Å². The van der Waals surface area contributed by atoms with Crippen LogP contribution in [0.15, 0.2) is 122 Å². The maximum Gasteiger partial charge on any atom is 0.306 e. The van der Waals surface area contributed by atoms with Gasteiger partial charge in [0.2, 0.25) is 0 Å². The van der Waals surface area contributed by atoms with Gasteiger partial charge in [0.05, 0.1) is 0 Å². The van der Waals surface area contributed by atoms with Crippen LogP contribution < -0.4 is 0 Å². The molecule has 0 bridgehead atoms. The molecule has 0 spiro atoms. The van der Waals surface area contributed by atoms with E-state index in [4.69, 9.17) is 14.2 Å². The van der Waals surface area contributed by atoms with Crippen LogP contribution in [0.5, 0.6) is 0 Å². The molecule has 0 fully saturated rings. The second kappa shape index (κ2) is 50.5. The quantitative estimate of drug-likeness (QED) is 0.0263. The van der Waals surface area contributed by atoms with Crippen molar-refractivity contribution in [3.8, 4) is 0 Å². The first-order chi connectivity index (χ1) is 31.0. The van der Waals surface area contributed by atoms with Crippen LogP contribution in [0, 0.1) is 0 Å². The van der Waals surface area contributed by atoms with E-state index in [2.05, 4.69) is 57.2 Å². The van der Waals surface area contributed by atoms with Crippen molar-refractivity contribution in [2.45, 2.75) is 207 Å². The lowest BCUT2D eigenvalue weighted by Crippen LogP contribution is -2.30. The van der Waals surface area contributed by atoms with Gasteiger partial charge in [0.1, 0.15) is 13.2 Å². The van der Waals surface area contributed by atoms with Gasteiger partial charge in [0, 0.05) is 19.3 Å². The zero-order chi connectivity index (χ0) is 45.8. The van der Waals surface area contributed by atoms with Gasteiger partial charge in [-0.2, -0.15) is 0 Å². The van der Waals surface area contributed by atoms with E-state index in [1.807, 2.05) is 85.1 Å². The van der Waals surface area contributed by atoms with Gasteiger partial charge in [0.25, 0.3) is 0 Å². The Balaban J connectivity index is 4.54. The fourth-order valence-electron chi connectivity index (χ4n) is 6.48. The van der Waals surface area contributed by atoms with Crippen LogP contribution in [-0.4, -0.2) is 37.2 Å². The molecule has 0 saturated carbocycles. The van der Waals surface area contributed by atoms with Crippen molar-refractivity contribution >= 4 is 17.9 Å². The predicted octanol–water partition coefficient (Wildman–Crippen LogP) is 16.5. The molecule has 0 aromatic carbocycles. The summed E-state index contributed by atoms with van der Waals surface area (Å²) in [5, 5.41) is 0. The molecule has 0 aromatic heterocycles. The second-order valence-corrected chi connectivity index (χ2v) is 16.2. The molecule has 1 unspecified atom stereocenters. The lowest BCUT2D eigenvalue weighted by atomic mass is 10.0. The molecule has 63 heavy (non-hydrogen) atoms. The minimum absolute atomic E-state index is 0.104. The molecular weight excluding hydrogens is 781 g/mol. The molecule has 6 nitrogen and oxygen atoms in total. The largest absolute Gasteiger partial charge is 0.462 e. The summed E-state index contributed by atoms with van der Waals surface area (Å²) in [5.41, 5.74) is 0. The van der Waals surface area contributed by atoms with Crippen LogP contribution >= 0.6 is 0 Å². The third-order valence-corrected chi connectivity index (χ3v) is 10.2. The Labute approximate surface area is 386 Å². The summed E-state index contributed by atoms with van der Waals surface area (Å²) >= 11 is 0. The Morgan fingerprint density at radius 3 is 0.984 bits per heavy atom. The first kappa shape index (κ1) is 58.8. The number of carbonyl (C=O) groups is 3. The van der Waals surface area contributed by atoms with Gasteiger partial charge < -0.3 is 14.2 Å². The summed E-state index contributed by atoms with van der Waals surface area (Å²) in [6.45, 7) is 6.28. The molecule has 0 aromatic rings. The van der Waals surface area contributed by atoms with Crippen LogP contribution in [0.3, 0.4) is 0 Å². The number of hydrogen-bond acceptors (Lipinski definition) is 6. The zero-order valence-electron chi connectivity index (χ0n) is 40.3. The van der Waals surface area contributed by atoms with Crippen LogP contribution in [0.1, 0.15) is 201 Å². The van der Waals surface area contributed by atoms with E-state index in [1.165, 1.54) is 64.2 Å². The van der Waals surface area contributed by atoms with Crippen molar-refractivity contribution in [2.75, 3.05) is 13.2 Å². The molecule has 0 aliphatic carbocycles. The highest BCUT2D eigenvalue weighted by Gasteiger charge is 2.19. The van der Waals surface area contributed by atoms with Gasteiger partial charge in [-0.15, -0.1) is 0 Å². The molecule has 1 atom stereocenters. The third-order valence-electron chi connectivity index (χ3n) is 10.2. The fourth-order valence-corrected chi connectivity index (χ4v) is 6.48. The minimum Gasteiger partial charge on any atom is -0.462 e. The number of hydrogen-bond donors (Lipinski definition) is 0. The summed E-state index contributed by atoms with van der Waals surface area (Å²) in [7, 11) is 0. The molecule has 0 rings (SSSR count). The van der Waals surface area contributed by atoms with Crippen molar-refractivity contribution < 1.29 is 28.6 Å². The number of unbranched alkanes of at least 4 members (excludes halogenated alkanes) is 20. The van der Waals surface area contributed by atoms with Gasteiger partial charge in [-0.1, -0.05) is 245 Å². The Kier molecular flexibility index (Phi) is 47.1. The maximum atomic E-state index is 12.8. The van der Waals surface area contributed by atoms with E-state index < -0.39 is 6.10 Å². The van der Waals surface area contributed by atoms with Crippen molar-refractivity contribution in [1.82, 2.24) is 0 Å². The van der Waals surface area contributed by atoms with Crippen molar-refractivity contribution in [3.63, 3.8) is 0 Å². The van der Waals surface area contributed by atoms with Gasteiger partial charge in [-0.05, 0) is 57.8 Å². The molecule has 0 radical (unpaired) electrons. The summed E-state index contributed by atoms with van der Waals surface area (Å²) in [4.78, 5) is 38.0. The lowest BCUT2D eigenvalue weighted by Gasteiger charge is -2.18. The minimum atomic E-state index is -0.810. The fraction of sp³-hybridized carbons (Fsp3) is 0.596. The number of rotatable bonds is 43. The van der Waals surface area contributed by atoms with Crippen molar-refractivity contribution in [3.05, 3.63) is 122 Å². The average molecular weight is 871 g/mol.